The second-order valence-corrected chi connectivity index (χ2v) is 5.50. The van der Waals surface area contributed by atoms with Crippen molar-refractivity contribution < 1.29 is 9.18 Å². The molecule has 0 aliphatic carbocycles. The second-order valence-electron chi connectivity index (χ2n) is 5.11. The molecule has 23 heavy (non-hydrogen) atoms. The van der Waals surface area contributed by atoms with Crippen LogP contribution in [0.4, 0.5) is 10.1 Å². The Morgan fingerprint density at radius 1 is 1.13 bits per heavy atom. The third kappa shape index (κ3) is 3.22. The van der Waals surface area contributed by atoms with Crippen molar-refractivity contribution in [2.75, 3.05) is 5.32 Å². The van der Waals surface area contributed by atoms with Gasteiger partial charge in [-0.05, 0) is 55.5 Å². The topological polar surface area (TPSA) is 49.8 Å². The summed E-state index contributed by atoms with van der Waals surface area (Å²) in [6.07, 6.45) is 1.56. The Balaban J connectivity index is 1.94. The number of imidazole rings is 1. The zero-order chi connectivity index (χ0) is 16.4. The third-order valence-electron chi connectivity index (χ3n) is 3.40. The molecule has 0 bridgehead atoms. The van der Waals surface area contributed by atoms with Gasteiger partial charge in [0.05, 0.1) is 0 Å². The highest BCUT2D eigenvalue weighted by molar-refractivity contribution is 7.71. The highest BCUT2D eigenvalue weighted by Crippen LogP contribution is 2.16. The van der Waals surface area contributed by atoms with Crippen molar-refractivity contribution >= 4 is 23.8 Å². The lowest BCUT2D eigenvalue weighted by Gasteiger charge is -2.09. The van der Waals surface area contributed by atoms with E-state index in [1.54, 1.807) is 10.8 Å². The molecule has 1 amide bonds. The number of anilines is 1. The fourth-order valence-electron chi connectivity index (χ4n) is 2.21. The van der Waals surface area contributed by atoms with Crippen molar-refractivity contribution in [3.8, 4) is 5.69 Å². The number of carbonyl (C=O) groups is 1. The molecule has 0 unspecified atom stereocenters. The zero-order valence-corrected chi connectivity index (χ0v) is 13.2. The van der Waals surface area contributed by atoms with Crippen molar-refractivity contribution in [1.29, 1.82) is 0 Å². The fourth-order valence-corrected chi connectivity index (χ4v) is 2.48. The summed E-state index contributed by atoms with van der Waals surface area (Å²) in [6, 6.07) is 13.3. The van der Waals surface area contributed by atoms with Gasteiger partial charge in [-0.15, -0.1) is 0 Å². The largest absolute Gasteiger partial charge is 0.336 e. The number of aromatic amines is 1. The summed E-state index contributed by atoms with van der Waals surface area (Å²) in [6.45, 7) is 1.99. The van der Waals surface area contributed by atoms with E-state index in [1.807, 2.05) is 31.2 Å². The molecule has 1 heterocycles. The van der Waals surface area contributed by atoms with Crippen molar-refractivity contribution in [2.24, 2.45) is 0 Å². The van der Waals surface area contributed by atoms with Gasteiger partial charge in [-0.3, -0.25) is 9.36 Å². The fraction of sp³-hybridized carbons (Fsp3) is 0.0588. The minimum atomic E-state index is -0.354. The van der Waals surface area contributed by atoms with E-state index in [1.165, 1.54) is 24.3 Å². The number of aromatic nitrogens is 2. The number of amides is 1. The number of hydrogen-bond donors (Lipinski definition) is 2. The molecule has 3 rings (SSSR count). The zero-order valence-electron chi connectivity index (χ0n) is 12.3. The number of halogens is 1. The average molecular weight is 327 g/mol. The van der Waals surface area contributed by atoms with E-state index in [0.29, 0.717) is 16.2 Å². The van der Waals surface area contributed by atoms with Crippen LogP contribution in [0.5, 0.6) is 0 Å². The maximum absolute atomic E-state index is 12.9. The van der Waals surface area contributed by atoms with Crippen LogP contribution in [0.1, 0.15) is 16.1 Å². The molecule has 2 N–H and O–H groups in total. The van der Waals surface area contributed by atoms with E-state index < -0.39 is 0 Å². The number of H-pyrrole nitrogens is 1. The standard InChI is InChI=1S/C17H14FN3OS/c1-11-2-8-14(9-3-11)21-15(10-19-17(21)23)16(22)20-13-6-4-12(18)5-7-13/h2-10H,1H3,(H,19,23)(H,20,22). The van der Waals surface area contributed by atoms with Gasteiger partial charge in [0.25, 0.3) is 5.91 Å². The summed E-state index contributed by atoms with van der Waals surface area (Å²) in [5, 5.41) is 2.73. The molecule has 0 radical (unpaired) electrons. The SMILES string of the molecule is Cc1ccc(-n2c(C(=O)Nc3ccc(F)cc3)c[nH]c2=S)cc1. The van der Waals surface area contributed by atoms with Gasteiger partial charge in [0.15, 0.2) is 4.77 Å². The molecule has 0 saturated heterocycles. The lowest BCUT2D eigenvalue weighted by atomic mass is 10.2. The molecule has 6 heteroatoms. The number of hydrogen-bond acceptors (Lipinski definition) is 2. The van der Waals surface area contributed by atoms with Crippen LogP contribution in [-0.4, -0.2) is 15.5 Å². The first kappa shape index (κ1) is 15.2. The quantitative estimate of drug-likeness (QED) is 0.707. The molecular formula is C17H14FN3OS. The Labute approximate surface area is 137 Å². The van der Waals surface area contributed by atoms with Crippen molar-refractivity contribution in [2.45, 2.75) is 6.92 Å². The predicted molar refractivity (Wildman–Crippen MR) is 90.0 cm³/mol. The van der Waals surface area contributed by atoms with Gasteiger partial charge in [-0.25, -0.2) is 4.39 Å². The summed E-state index contributed by atoms with van der Waals surface area (Å²) in [5.41, 5.74) is 2.81. The first-order chi connectivity index (χ1) is 11.0. The van der Waals surface area contributed by atoms with Crippen LogP contribution in [0.25, 0.3) is 5.69 Å². The molecule has 3 aromatic rings. The maximum Gasteiger partial charge on any atom is 0.274 e. The van der Waals surface area contributed by atoms with Crippen LogP contribution in [0.3, 0.4) is 0 Å². The van der Waals surface area contributed by atoms with E-state index in [4.69, 9.17) is 12.2 Å². The summed E-state index contributed by atoms with van der Waals surface area (Å²) < 4.78 is 15.0. The lowest BCUT2D eigenvalue weighted by molar-refractivity contribution is 0.102. The molecule has 1 aromatic heterocycles. The minimum Gasteiger partial charge on any atom is -0.336 e. The van der Waals surface area contributed by atoms with Gasteiger partial charge in [0, 0.05) is 17.6 Å². The summed E-state index contributed by atoms with van der Waals surface area (Å²) in [7, 11) is 0. The number of nitrogens with one attached hydrogen (secondary N) is 2. The first-order valence-electron chi connectivity index (χ1n) is 6.99. The number of aryl methyl sites for hydroxylation is 1. The number of carbonyl (C=O) groups excluding carboxylic acids is 1. The number of nitrogens with zero attached hydrogens (tertiary/aromatic N) is 1. The molecule has 0 aliphatic rings. The predicted octanol–water partition coefficient (Wildman–Crippen LogP) is 4.23. The lowest BCUT2D eigenvalue weighted by Crippen LogP contribution is -2.16. The number of rotatable bonds is 3. The van der Waals surface area contributed by atoms with Crippen LogP contribution < -0.4 is 5.32 Å². The third-order valence-corrected chi connectivity index (χ3v) is 3.70. The van der Waals surface area contributed by atoms with E-state index in [-0.39, 0.29) is 11.7 Å². The highest BCUT2D eigenvalue weighted by Gasteiger charge is 2.14. The Morgan fingerprint density at radius 3 is 2.43 bits per heavy atom. The Hall–Kier alpha value is -2.73. The highest BCUT2D eigenvalue weighted by atomic mass is 32.1. The van der Waals surface area contributed by atoms with Crippen LogP contribution in [0.2, 0.25) is 0 Å². The van der Waals surface area contributed by atoms with Gasteiger partial charge in [-0.2, -0.15) is 0 Å². The minimum absolute atomic E-state index is 0.329. The van der Waals surface area contributed by atoms with Crippen LogP contribution in [0, 0.1) is 17.5 Å². The smallest absolute Gasteiger partial charge is 0.274 e. The first-order valence-corrected chi connectivity index (χ1v) is 7.40. The summed E-state index contributed by atoms with van der Waals surface area (Å²) >= 11 is 5.27. The van der Waals surface area contributed by atoms with Crippen LogP contribution in [-0.2, 0) is 0 Å². The number of benzene rings is 2. The van der Waals surface area contributed by atoms with Crippen molar-refractivity contribution in [1.82, 2.24) is 9.55 Å². The molecule has 0 saturated carbocycles. The van der Waals surface area contributed by atoms with Gasteiger partial charge in [0.2, 0.25) is 0 Å². The molecule has 4 nitrogen and oxygen atoms in total. The summed E-state index contributed by atoms with van der Waals surface area (Å²) in [5.74, 6) is -0.684. The van der Waals surface area contributed by atoms with Gasteiger partial charge in [0.1, 0.15) is 11.5 Å². The molecule has 0 aliphatic heterocycles. The van der Waals surface area contributed by atoms with Crippen molar-refractivity contribution in [3.05, 3.63) is 76.6 Å². The van der Waals surface area contributed by atoms with Gasteiger partial charge < -0.3 is 10.3 Å². The normalized spacial score (nSPS) is 10.5. The van der Waals surface area contributed by atoms with Crippen LogP contribution in [0.15, 0.2) is 54.7 Å². The van der Waals surface area contributed by atoms with E-state index in [9.17, 15) is 9.18 Å². The van der Waals surface area contributed by atoms with E-state index in [2.05, 4.69) is 10.3 Å². The second kappa shape index (κ2) is 6.18. The molecule has 116 valence electrons. The molecule has 0 spiro atoms. The molecule has 0 fully saturated rings. The van der Waals surface area contributed by atoms with Crippen LogP contribution >= 0.6 is 12.2 Å². The van der Waals surface area contributed by atoms with Gasteiger partial charge >= 0.3 is 0 Å². The Bertz CT molecular complexity index is 895. The molecule has 2 aromatic carbocycles. The maximum atomic E-state index is 12.9. The molecular weight excluding hydrogens is 313 g/mol. The monoisotopic (exact) mass is 327 g/mol. The Kier molecular flexibility index (Phi) is 4.08. The average Bonchev–Trinajstić information content (AvgIpc) is 2.92. The van der Waals surface area contributed by atoms with Crippen molar-refractivity contribution in [3.63, 3.8) is 0 Å². The summed E-state index contributed by atoms with van der Waals surface area (Å²) in [4.78, 5) is 15.4. The molecule has 0 atom stereocenters. The van der Waals surface area contributed by atoms with E-state index >= 15 is 0 Å². The van der Waals surface area contributed by atoms with Gasteiger partial charge in [-0.1, -0.05) is 17.7 Å². The van der Waals surface area contributed by atoms with E-state index in [0.717, 1.165) is 11.3 Å². The Morgan fingerprint density at radius 2 is 1.78 bits per heavy atom.